The number of halogens is 1. The van der Waals surface area contributed by atoms with Crippen LogP contribution in [0.2, 0.25) is 5.02 Å². The molecule has 1 heterocycles. The number of anilines is 1. The highest BCUT2D eigenvalue weighted by atomic mass is 35.5. The Balaban J connectivity index is 1.94. The van der Waals surface area contributed by atoms with E-state index in [1.165, 1.54) is 24.3 Å². The number of nitrogens with zero attached hydrogens (tertiary/aromatic N) is 2. The molecule has 2 aromatic carbocycles. The molecule has 0 spiro atoms. The van der Waals surface area contributed by atoms with E-state index in [1.54, 1.807) is 24.3 Å². The molecule has 0 saturated carbocycles. The molecule has 0 aromatic heterocycles. The van der Waals surface area contributed by atoms with Gasteiger partial charge in [-0.15, -0.1) is 0 Å². The van der Waals surface area contributed by atoms with E-state index in [1.807, 2.05) is 6.07 Å². The van der Waals surface area contributed by atoms with Gasteiger partial charge in [0.2, 0.25) is 0 Å². The first-order valence-electron chi connectivity index (χ1n) is 7.62. The summed E-state index contributed by atoms with van der Waals surface area (Å²) in [6.45, 7) is 0. The van der Waals surface area contributed by atoms with Crippen molar-refractivity contribution in [3.63, 3.8) is 0 Å². The van der Waals surface area contributed by atoms with Crippen LogP contribution in [-0.2, 0) is 9.59 Å². The van der Waals surface area contributed by atoms with E-state index in [0.29, 0.717) is 16.3 Å². The SMILES string of the molecule is N#Cc1ccc(C(=O)C=C2C(=O)NC(=S)N(c3ccc(Cl)cc3)C2=O)cc1. The van der Waals surface area contributed by atoms with Crippen LogP contribution in [0.4, 0.5) is 5.69 Å². The second kappa shape index (κ2) is 7.50. The smallest absolute Gasteiger partial charge is 0.270 e. The third-order valence-electron chi connectivity index (χ3n) is 3.76. The topological polar surface area (TPSA) is 90.3 Å². The molecule has 0 aliphatic carbocycles. The summed E-state index contributed by atoms with van der Waals surface area (Å²) in [5.41, 5.74) is 0.706. The Kier molecular flexibility index (Phi) is 5.12. The van der Waals surface area contributed by atoms with Gasteiger partial charge >= 0.3 is 0 Å². The number of benzene rings is 2. The molecule has 1 aliphatic heterocycles. The van der Waals surface area contributed by atoms with Gasteiger partial charge in [0.15, 0.2) is 10.9 Å². The number of allylic oxidation sites excluding steroid dienone is 1. The molecule has 1 saturated heterocycles. The number of carbonyl (C=O) groups excluding carboxylic acids is 3. The van der Waals surface area contributed by atoms with Gasteiger partial charge in [0.05, 0.1) is 17.3 Å². The summed E-state index contributed by atoms with van der Waals surface area (Å²) in [5, 5.41) is 11.6. The number of carbonyl (C=O) groups is 3. The van der Waals surface area contributed by atoms with Crippen molar-refractivity contribution in [2.24, 2.45) is 0 Å². The Bertz CT molecular complexity index is 1040. The fourth-order valence-electron chi connectivity index (χ4n) is 2.41. The molecule has 3 rings (SSSR count). The Morgan fingerprint density at radius 1 is 1.11 bits per heavy atom. The number of rotatable bonds is 3. The third-order valence-corrected chi connectivity index (χ3v) is 4.30. The molecule has 2 aromatic rings. The van der Waals surface area contributed by atoms with Crippen LogP contribution >= 0.6 is 23.8 Å². The van der Waals surface area contributed by atoms with Crippen LogP contribution in [0, 0.1) is 11.3 Å². The highest BCUT2D eigenvalue weighted by molar-refractivity contribution is 7.80. The van der Waals surface area contributed by atoms with Crippen LogP contribution < -0.4 is 10.2 Å². The summed E-state index contributed by atoms with van der Waals surface area (Å²) in [4.78, 5) is 38.5. The standard InChI is InChI=1S/C19H10ClN3O3S/c20-13-5-7-14(8-6-13)23-18(26)15(17(25)22-19(23)27)9-16(24)12-3-1-11(10-21)2-4-12/h1-9H,(H,22,25,27). The van der Waals surface area contributed by atoms with E-state index < -0.39 is 17.6 Å². The molecule has 0 atom stereocenters. The Hall–Kier alpha value is -3.34. The average molecular weight is 396 g/mol. The lowest BCUT2D eigenvalue weighted by atomic mass is 10.0. The van der Waals surface area contributed by atoms with Gasteiger partial charge in [-0.2, -0.15) is 5.26 Å². The average Bonchev–Trinajstić information content (AvgIpc) is 2.66. The van der Waals surface area contributed by atoms with Crippen LogP contribution in [0.3, 0.4) is 0 Å². The Labute approximate surface area is 164 Å². The quantitative estimate of drug-likeness (QED) is 0.373. The molecule has 6 nitrogen and oxygen atoms in total. The van der Waals surface area contributed by atoms with Gasteiger partial charge in [0, 0.05) is 16.7 Å². The van der Waals surface area contributed by atoms with Crippen LogP contribution in [-0.4, -0.2) is 22.7 Å². The maximum atomic E-state index is 12.8. The van der Waals surface area contributed by atoms with Crippen molar-refractivity contribution in [2.75, 3.05) is 4.90 Å². The predicted octanol–water partition coefficient (Wildman–Crippen LogP) is 2.77. The van der Waals surface area contributed by atoms with Gasteiger partial charge in [-0.25, -0.2) is 0 Å². The first-order valence-corrected chi connectivity index (χ1v) is 8.41. The van der Waals surface area contributed by atoms with E-state index in [-0.39, 0.29) is 16.2 Å². The van der Waals surface area contributed by atoms with Gasteiger partial charge in [0.25, 0.3) is 11.8 Å². The molecule has 1 fully saturated rings. The molecular formula is C19H10ClN3O3S. The number of ketones is 1. The lowest BCUT2D eigenvalue weighted by Crippen LogP contribution is -2.54. The van der Waals surface area contributed by atoms with Crippen molar-refractivity contribution in [3.05, 3.63) is 76.3 Å². The van der Waals surface area contributed by atoms with Crippen molar-refractivity contribution < 1.29 is 14.4 Å². The van der Waals surface area contributed by atoms with Gasteiger partial charge in [0.1, 0.15) is 5.57 Å². The zero-order valence-corrected chi connectivity index (χ0v) is 15.2. The maximum absolute atomic E-state index is 12.8. The number of thiocarbonyl (C=S) groups is 1. The van der Waals surface area contributed by atoms with Gasteiger partial charge in [-0.3, -0.25) is 24.6 Å². The monoisotopic (exact) mass is 395 g/mol. The minimum Gasteiger partial charge on any atom is -0.298 e. The molecule has 1 aliphatic rings. The van der Waals surface area contributed by atoms with Gasteiger partial charge in [-0.05, 0) is 60.7 Å². The van der Waals surface area contributed by atoms with Crippen LogP contribution in [0.15, 0.2) is 60.2 Å². The van der Waals surface area contributed by atoms with Crippen LogP contribution in [0.1, 0.15) is 15.9 Å². The minimum absolute atomic E-state index is 0.0877. The predicted molar refractivity (Wildman–Crippen MR) is 103 cm³/mol. The highest BCUT2D eigenvalue weighted by Crippen LogP contribution is 2.23. The second-order valence-corrected chi connectivity index (χ2v) is 6.31. The first-order chi connectivity index (χ1) is 12.9. The number of hydrogen-bond donors (Lipinski definition) is 1. The van der Waals surface area contributed by atoms with Gasteiger partial charge < -0.3 is 0 Å². The number of nitriles is 1. The lowest BCUT2D eigenvalue weighted by molar-refractivity contribution is -0.122. The molecule has 1 N–H and O–H groups in total. The Morgan fingerprint density at radius 3 is 2.33 bits per heavy atom. The van der Waals surface area contributed by atoms with Crippen molar-refractivity contribution in [1.29, 1.82) is 5.26 Å². The number of hydrogen-bond acceptors (Lipinski definition) is 5. The first kappa shape index (κ1) is 18.5. The second-order valence-electron chi connectivity index (χ2n) is 5.49. The molecule has 0 unspecified atom stereocenters. The molecule has 8 heteroatoms. The van der Waals surface area contributed by atoms with Crippen molar-refractivity contribution in [2.45, 2.75) is 0 Å². The molecule has 27 heavy (non-hydrogen) atoms. The highest BCUT2D eigenvalue weighted by Gasteiger charge is 2.35. The summed E-state index contributed by atoms with van der Waals surface area (Å²) in [5.74, 6) is -2.01. The van der Waals surface area contributed by atoms with E-state index in [2.05, 4.69) is 5.32 Å². The maximum Gasteiger partial charge on any atom is 0.270 e. The summed E-state index contributed by atoms with van der Waals surface area (Å²) < 4.78 is 0. The van der Waals surface area contributed by atoms with E-state index >= 15 is 0 Å². The molecule has 2 amide bonds. The largest absolute Gasteiger partial charge is 0.298 e. The van der Waals surface area contributed by atoms with Crippen molar-refractivity contribution in [1.82, 2.24) is 5.32 Å². The normalized spacial score (nSPS) is 15.5. The fraction of sp³-hybridized carbons (Fsp3) is 0. The third kappa shape index (κ3) is 3.77. The summed E-state index contributed by atoms with van der Waals surface area (Å²) in [7, 11) is 0. The van der Waals surface area contributed by atoms with Crippen molar-refractivity contribution >= 4 is 52.2 Å². The molecule has 0 bridgehead atoms. The van der Waals surface area contributed by atoms with Crippen LogP contribution in [0.5, 0.6) is 0 Å². The molecular weight excluding hydrogens is 386 g/mol. The minimum atomic E-state index is -0.753. The van der Waals surface area contributed by atoms with E-state index in [0.717, 1.165) is 11.0 Å². The van der Waals surface area contributed by atoms with E-state index in [4.69, 9.17) is 29.1 Å². The number of nitrogens with one attached hydrogen (secondary N) is 1. The van der Waals surface area contributed by atoms with Gasteiger partial charge in [-0.1, -0.05) is 11.6 Å². The fourth-order valence-corrected chi connectivity index (χ4v) is 2.81. The summed E-state index contributed by atoms with van der Waals surface area (Å²) in [6.07, 6.45) is 0.962. The van der Waals surface area contributed by atoms with Crippen LogP contribution in [0.25, 0.3) is 0 Å². The summed E-state index contributed by atoms with van der Waals surface area (Å²) >= 11 is 10.9. The summed E-state index contributed by atoms with van der Waals surface area (Å²) in [6, 6.07) is 14.1. The lowest BCUT2D eigenvalue weighted by Gasteiger charge is -2.28. The van der Waals surface area contributed by atoms with E-state index in [9.17, 15) is 14.4 Å². The molecule has 0 radical (unpaired) electrons. The Morgan fingerprint density at radius 2 is 1.74 bits per heavy atom. The van der Waals surface area contributed by atoms with Crippen molar-refractivity contribution in [3.8, 4) is 6.07 Å². The zero-order chi connectivity index (χ0) is 19.6. The number of amides is 2. The molecule has 132 valence electrons. The zero-order valence-electron chi connectivity index (χ0n) is 13.6.